The highest BCUT2D eigenvalue weighted by Gasteiger charge is 2.62. The van der Waals surface area contributed by atoms with Crippen LogP contribution in [-0.2, 0) is 38.0 Å². The monoisotopic (exact) mass is 739 g/mol. The van der Waals surface area contributed by atoms with Crippen molar-refractivity contribution in [3.05, 3.63) is 0 Å². The molecule has 3 N–H and O–H groups in total. The Hall–Kier alpha value is -0.930. The van der Waals surface area contributed by atoms with Crippen LogP contribution in [0.2, 0.25) is 0 Å². The number of hydrogen-bond donors (Lipinski definition) is 3. The van der Waals surface area contributed by atoms with Crippen molar-refractivity contribution in [1.82, 2.24) is 4.90 Å². The molecular formula is C40H69NO11. The summed E-state index contributed by atoms with van der Waals surface area (Å²) in [7, 11) is 1.65. The predicted molar refractivity (Wildman–Crippen MR) is 192 cm³/mol. The maximum atomic E-state index is 13.5. The molecule has 0 radical (unpaired) electrons. The van der Waals surface area contributed by atoms with Crippen molar-refractivity contribution >= 4 is 5.91 Å². The summed E-state index contributed by atoms with van der Waals surface area (Å²) in [6.45, 7) is 18.4. The van der Waals surface area contributed by atoms with Crippen molar-refractivity contribution < 1.29 is 53.3 Å². The SMILES string of the molecule is CC[C@@]1([C@@H]2O[C@@H]([C@H]3O[C@@](O)(CO)[C@H](C)C[C@@H]3C)C[C@@H]2C)CC[C@H]([C@]2(C)CC[C@]3(C[C@H](O)[C@@H](C)[C@@H]([C@@H](C)[C@@H](OC)[C@H](C)C(=O)N4CCOCC4)O3)O2)O1. The minimum absolute atomic E-state index is 0.0529. The topological polar surface area (TPSA) is 146 Å². The van der Waals surface area contributed by atoms with E-state index in [-0.39, 0.29) is 71.9 Å². The molecule has 6 fully saturated rings. The molecule has 17 atom stereocenters. The highest BCUT2D eigenvalue weighted by Crippen LogP contribution is 2.55. The van der Waals surface area contributed by atoms with Gasteiger partial charge < -0.3 is 53.4 Å². The molecule has 6 heterocycles. The van der Waals surface area contributed by atoms with E-state index >= 15 is 0 Å². The minimum atomic E-state index is -1.56. The van der Waals surface area contributed by atoms with Gasteiger partial charge in [0.05, 0.1) is 79.7 Å². The second-order valence-corrected chi connectivity index (χ2v) is 17.9. The Labute approximate surface area is 311 Å². The van der Waals surface area contributed by atoms with Gasteiger partial charge in [-0.1, -0.05) is 48.5 Å². The number of carbonyl (C=O) groups excluding carboxylic acids is 1. The van der Waals surface area contributed by atoms with Crippen LogP contribution >= 0.6 is 0 Å². The summed E-state index contributed by atoms with van der Waals surface area (Å²) < 4.78 is 45.7. The summed E-state index contributed by atoms with van der Waals surface area (Å²) in [6.07, 6.45) is 3.49. The molecule has 6 aliphatic rings. The Kier molecular flexibility index (Phi) is 12.2. The van der Waals surface area contributed by atoms with Crippen LogP contribution in [0.3, 0.4) is 0 Å². The molecule has 0 bridgehead atoms. The number of aliphatic hydroxyl groups excluding tert-OH is 2. The largest absolute Gasteiger partial charge is 0.393 e. The van der Waals surface area contributed by atoms with Crippen molar-refractivity contribution in [2.75, 3.05) is 40.0 Å². The maximum Gasteiger partial charge on any atom is 0.228 e. The highest BCUT2D eigenvalue weighted by molar-refractivity contribution is 5.79. The van der Waals surface area contributed by atoms with Gasteiger partial charge in [-0.3, -0.25) is 4.79 Å². The van der Waals surface area contributed by atoms with Gasteiger partial charge in [0.15, 0.2) is 11.6 Å². The average Bonchev–Trinajstić information content (AvgIpc) is 3.84. The molecule has 0 aromatic heterocycles. The molecule has 0 unspecified atom stereocenters. The van der Waals surface area contributed by atoms with Crippen molar-refractivity contribution in [3.63, 3.8) is 0 Å². The maximum absolute atomic E-state index is 13.5. The van der Waals surface area contributed by atoms with Gasteiger partial charge in [-0.2, -0.15) is 0 Å². The van der Waals surface area contributed by atoms with E-state index < -0.39 is 41.6 Å². The lowest BCUT2D eigenvalue weighted by atomic mass is 9.78. The Balaban J connectivity index is 1.13. The van der Waals surface area contributed by atoms with E-state index in [1.165, 1.54) is 0 Å². The third-order valence-corrected chi connectivity index (χ3v) is 14.4. The van der Waals surface area contributed by atoms with E-state index in [9.17, 15) is 20.1 Å². The molecule has 0 aliphatic carbocycles. The molecule has 52 heavy (non-hydrogen) atoms. The number of carbonyl (C=O) groups is 1. The molecule has 0 aromatic rings. The second-order valence-electron chi connectivity index (χ2n) is 17.9. The molecule has 6 saturated heterocycles. The first-order chi connectivity index (χ1) is 24.5. The van der Waals surface area contributed by atoms with Crippen LogP contribution in [0.1, 0.15) is 107 Å². The number of ether oxygens (including phenoxy) is 7. The Morgan fingerprint density at radius 3 is 2.37 bits per heavy atom. The van der Waals surface area contributed by atoms with Crippen molar-refractivity contribution in [3.8, 4) is 0 Å². The summed E-state index contributed by atoms with van der Waals surface area (Å²) in [4.78, 5) is 15.4. The molecule has 0 aromatic carbocycles. The number of methoxy groups -OCH3 is 1. The van der Waals surface area contributed by atoms with Crippen LogP contribution in [0.5, 0.6) is 0 Å². The minimum Gasteiger partial charge on any atom is -0.393 e. The van der Waals surface area contributed by atoms with Gasteiger partial charge in [0.25, 0.3) is 0 Å². The van der Waals surface area contributed by atoms with E-state index in [4.69, 9.17) is 33.2 Å². The van der Waals surface area contributed by atoms with Crippen molar-refractivity contribution in [1.29, 1.82) is 0 Å². The first kappa shape index (κ1) is 40.7. The molecule has 300 valence electrons. The molecule has 1 spiro atoms. The standard InChI is InChI=1S/C40H69NO11/c1-10-38(35-24(3)20-30(48-35)32-23(2)19-25(4)40(45,22-42)51-32)12-11-31(49-38)37(8)13-14-39(52-37)21-29(43)26(5)34(50-39)27(6)33(46-9)28(7)36(44)41-15-17-47-18-16-41/h23-35,42-43,45H,10-22H2,1-9H3/t23-,24-,25+,26+,27-,28-,29-,30+,31+,32-,33+,34-,35+,37-,38-,39+,40-/m0/s1. The number of nitrogens with zero attached hydrogens (tertiary/aromatic N) is 1. The molecule has 12 heteroatoms. The van der Waals surface area contributed by atoms with Gasteiger partial charge in [-0.05, 0) is 57.3 Å². The lowest BCUT2D eigenvalue weighted by molar-refractivity contribution is -0.336. The number of amides is 1. The molecule has 12 nitrogen and oxygen atoms in total. The van der Waals surface area contributed by atoms with Crippen LogP contribution in [-0.4, -0.2) is 132 Å². The fourth-order valence-electron chi connectivity index (χ4n) is 11.0. The zero-order valence-electron chi connectivity index (χ0n) is 33.3. The van der Waals surface area contributed by atoms with E-state index in [1.54, 1.807) is 7.11 Å². The summed E-state index contributed by atoms with van der Waals surface area (Å²) in [5, 5.41) is 32.5. The highest BCUT2D eigenvalue weighted by atomic mass is 16.7. The Morgan fingerprint density at radius 1 is 1.00 bits per heavy atom. The van der Waals surface area contributed by atoms with Crippen LogP contribution in [0, 0.1) is 35.5 Å². The molecular weight excluding hydrogens is 670 g/mol. The van der Waals surface area contributed by atoms with Crippen LogP contribution in [0.25, 0.3) is 0 Å². The van der Waals surface area contributed by atoms with E-state index in [0.717, 1.165) is 38.5 Å². The number of hydrogen-bond acceptors (Lipinski definition) is 11. The summed E-state index contributed by atoms with van der Waals surface area (Å²) in [5.74, 6) is -2.97. The summed E-state index contributed by atoms with van der Waals surface area (Å²) in [5.41, 5.74) is -1.12. The summed E-state index contributed by atoms with van der Waals surface area (Å²) in [6, 6.07) is 0. The molecule has 6 aliphatic heterocycles. The van der Waals surface area contributed by atoms with Gasteiger partial charge in [-0.25, -0.2) is 0 Å². The second kappa shape index (κ2) is 15.5. The lowest BCUT2D eigenvalue weighted by Crippen LogP contribution is -2.57. The fraction of sp³-hybridized carbons (Fsp3) is 0.975. The number of rotatable bonds is 10. The normalized spacial score (nSPS) is 49.0. The van der Waals surface area contributed by atoms with Crippen molar-refractivity contribution in [2.24, 2.45) is 35.5 Å². The van der Waals surface area contributed by atoms with Crippen LogP contribution in [0.15, 0.2) is 0 Å². The zero-order valence-corrected chi connectivity index (χ0v) is 33.3. The number of aliphatic hydroxyl groups is 3. The van der Waals surface area contributed by atoms with Crippen LogP contribution in [0.4, 0.5) is 0 Å². The summed E-state index contributed by atoms with van der Waals surface area (Å²) >= 11 is 0. The van der Waals surface area contributed by atoms with Crippen LogP contribution < -0.4 is 0 Å². The van der Waals surface area contributed by atoms with Gasteiger partial charge in [0.1, 0.15) is 0 Å². The lowest BCUT2D eigenvalue weighted by Gasteiger charge is -2.49. The third-order valence-electron chi connectivity index (χ3n) is 14.4. The first-order valence-corrected chi connectivity index (χ1v) is 20.3. The number of morpholine rings is 1. The predicted octanol–water partition coefficient (Wildman–Crippen LogP) is 4.05. The van der Waals surface area contributed by atoms with E-state index in [1.807, 2.05) is 25.7 Å². The molecule has 6 rings (SSSR count). The average molecular weight is 740 g/mol. The van der Waals surface area contributed by atoms with Gasteiger partial charge in [0.2, 0.25) is 5.91 Å². The van der Waals surface area contributed by atoms with Gasteiger partial charge >= 0.3 is 0 Å². The van der Waals surface area contributed by atoms with Gasteiger partial charge in [-0.15, -0.1) is 0 Å². The Bertz CT molecular complexity index is 1240. The quantitative estimate of drug-likeness (QED) is 0.299. The fourth-order valence-corrected chi connectivity index (χ4v) is 11.0. The van der Waals surface area contributed by atoms with Crippen molar-refractivity contribution in [2.45, 2.75) is 172 Å². The molecule has 0 saturated carbocycles. The first-order valence-electron chi connectivity index (χ1n) is 20.3. The zero-order chi connectivity index (χ0) is 37.8. The Morgan fingerprint density at radius 2 is 1.71 bits per heavy atom. The van der Waals surface area contributed by atoms with Gasteiger partial charge in [0, 0.05) is 50.8 Å². The van der Waals surface area contributed by atoms with E-state index in [0.29, 0.717) is 39.1 Å². The van der Waals surface area contributed by atoms with E-state index in [2.05, 4.69) is 34.6 Å². The smallest absolute Gasteiger partial charge is 0.228 e. The third kappa shape index (κ3) is 7.37. The molecule has 1 amide bonds.